The molecule has 1 saturated carbocycles. The van der Waals surface area contributed by atoms with E-state index < -0.39 is 0 Å². The molecular formula is C16H30N2O2. The quantitative estimate of drug-likeness (QED) is 0.813. The Morgan fingerprint density at radius 1 is 1.30 bits per heavy atom. The van der Waals surface area contributed by atoms with Gasteiger partial charge in [-0.25, -0.2) is 0 Å². The zero-order valence-electron chi connectivity index (χ0n) is 13.1. The van der Waals surface area contributed by atoms with Gasteiger partial charge in [0.25, 0.3) is 0 Å². The average Bonchev–Trinajstić information content (AvgIpc) is 2.67. The topological polar surface area (TPSA) is 52.6 Å². The summed E-state index contributed by atoms with van der Waals surface area (Å²) in [6, 6.07) is 0.325. The lowest BCUT2D eigenvalue weighted by atomic mass is 9.91. The van der Waals surface area contributed by atoms with E-state index in [0.29, 0.717) is 17.9 Å². The van der Waals surface area contributed by atoms with Crippen molar-refractivity contribution in [1.82, 2.24) is 10.2 Å². The minimum absolute atomic E-state index is 0.00148. The van der Waals surface area contributed by atoms with E-state index in [9.17, 15) is 9.90 Å². The molecule has 2 fully saturated rings. The molecule has 2 atom stereocenters. The van der Waals surface area contributed by atoms with Gasteiger partial charge in [0.2, 0.25) is 5.91 Å². The number of nitrogens with zero attached hydrogens (tertiary/aromatic N) is 1. The fourth-order valence-electron chi connectivity index (χ4n) is 3.62. The molecule has 116 valence electrons. The maximum atomic E-state index is 12.7. The van der Waals surface area contributed by atoms with E-state index in [-0.39, 0.29) is 18.3 Å². The molecule has 0 radical (unpaired) electrons. The smallest absolute Gasteiger partial charge is 0.241 e. The molecule has 0 spiro atoms. The van der Waals surface area contributed by atoms with Crippen LogP contribution in [0.3, 0.4) is 0 Å². The summed E-state index contributed by atoms with van der Waals surface area (Å²) in [5.74, 6) is 0.824. The van der Waals surface area contributed by atoms with Crippen molar-refractivity contribution in [3.05, 3.63) is 0 Å². The molecular weight excluding hydrogens is 252 g/mol. The SMILES string of the molecule is CCCC1NC(CC(C)C)C(=O)N1C1CCC(O)CC1. The van der Waals surface area contributed by atoms with Gasteiger partial charge in [-0.15, -0.1) is 0 Å². The van der Waals surface area contributed by atoms with Gasteiger partial charge >= 0.3 is 0 Å². The first-order valence-corrected chi connectivity index (χ1v) is 8.29. The molecule has 1 aliphatic heterocycles. The normalized spacial score (nSPS) is 35.0. The van der Waals surface area contributed by atoms with Gasteiger partial charge in [-0.05, 0) is 44.4 Å². The van der Waals surface area contributed by atoms with E-state index in [4.69, 9.17) is 0 Å². The average molecular weight is 282 g/mol. The van der Waals surface area contributed by atoms with Gasteiger partial charge in [0, 0.05) is 6.04 Å². The molecule has 2 rings (SSSR count). The predicted molar refractivity (Wildman–Crippen MR) is 80.2 cm³/mol. The van der Waals surface area contributed by atoms with Gasteiger partial charge in [-0.1, -0.05) is 27.2 Å². The van der Waals surface area contributed by atoms with Gasteiger partial charge in [-0.2, -0.15) is 0 Å². The number of nitrogens with one attached hydrogen (secondary N) is 1. The van der Waals surface area contributed by atoms with Crippen molar-refractivity contribution in [2.45, 2.75) is 90.1 Å². The predicted octanol–water partition coefficient (Wildman–Crippen LogP) is 2.26. The Balaban J connectivity index is 2.05. The van der Waals surface area contributed by atoms with Crippen molar-refractivity contribution in [3.63, 3.8) is 0 Å². The van der Waals surface area contributed by atoms with Crippen LogP contribution in [-0.4, -0.2) is 40.3 Å². The molecule has 4 nitrogen and oxygen atoms in total. The van der Waals surface area contributed by atoms with Crippen molar-refractivity contribution < 1.29 is 9.90 Å². The zero-order valence-corrected chi connectivity index (χ0v) is 13.1. The van der Waals surface area contributed by atoms with Crippen LogP contribution in [-0.2, 0) is 4.79 Å². The van der Waals surface area contributed by atoms with Crippen LogP contribution in [0, 0.1) is 5.92 Å². The molecule has 0 bridgehead atoms. The van der Waals surface area contributed by atoms with Crippen LogP contribution in [0.5, 0.6) is 0 Å². The van der Waals surface area contributed by atoms with Crippen molar-refractivity contribution in [3.8, 4) is 0 Å². The van der Waals surface area contributed by atoms with Crippen molar-refractivity contribution >= 4 is 5.91 Å². The highest BCUT2D eigenvalue weighted by Gasteiger charge is 2.42. The molecule has 2 N–H and O–H groups in total. The molecule has 4 heteroatoms. The number of aliphatic hydroxyl groups excluding tert-OH is 1. The highest BCUT2D eigenvalue weighted by atomic mass is 16.3. The van der Waals surface area contributed by atoms with Gasteiger partial charge in [0.15, 0.2) is 0 Å². The second kappa shape index (κ2) is 6.90. The molecule has 20 heavy (non-hydrogen) atoms. The van der Waals surface area contributed by atoms with E-state index in [0.717, 1.165) is 44.9 Å². The number of amides is 1. The zero-order chi connectivity index (χ0) is 14.7. The Morgan fingerprint density at radius 2 is 1.95 bits per heavy atom. The third-order valence-corrected chi connectivity index (χ3v) is 4.61. The lowest BCUT2D eigenvalue weighted by molar-refractivity contribution is -0.133. The van der Waals surface area contributed by atoms with Crippen molar-refractivity contribution in [2.75, 3.05) is 0 Å². The van der Waals surface area contributed by atoms with Crippen LogP contribution in [0.1, 0.15) is 65.7 Å². The first-order valence-electron chi connectivity index (χ1n) is 8.29. The first-order chi connectivity index (χ1) is 9.52. The van der Waals surface area contributed by atoms with E-state index >= 15 is 0 Å². The van der Waals surface area contributed by atoms with Crippen molar-refractivity contribution in [2.24, 2.45) is 5.92 Å². The lowest BCUT2D eigenvalue weighted by Gasteiger charge is -2.36. The van der Waals surface area contributed by atoms with Gasteiger partial charge in [-0.3, -0.25) is 10.1 Å². The second-order valence-electron chi connectivity index (χ2n) is 6.86. The first kappa shape index (κ1) is 15.8. The summed E-state index contributed by atoms with van der Waals surface area (Å²) in [5, 5.41) is 13.2. The Hall–Kier alpha value is -0.610. The number of carbonyl (C=O) groups excluding carboxylic acids is 1. The lowest BCUT2D eigenvalue weighted by Crippen LogP contribution is -2.46. The van der Waals surface area contributed by atoms with Crippen LogP contribution in [0.15, 0.2) is 0 Å². The summed E-state index contributed by atoms with van der Waals surface area (Å²) in [6.07, 6.45) is 6.65. The Morgan fingerprint density at radius 3 is 2.50 bits per heavy atom. The van der Waals surface area contributed by atoms with Gasteiger partial charge < -0.3 is 10.0 Å². The molecule has 2 unspecified atom stereocenters. The Labute approximate surface area is 122 Å². The number of hydrogen-bond donors (Lipinski definition) is 2. The molecule has 1 aliphatic carbocycles. The summed E-state index contributed by atoms with van der Waals surface area (Å²) in [5.41, 5.74) is 0. The van der Waals surface area contributed by atoms with Gasteiger partial charge in [0.05, 0.1) is 18.3 Å². The summed E-state index contributed by atoms with van der Waals surface area (Å²) >= 11 is 0. The molecule has 0 aromatic rings. The third kappa shape index (κ3) is 3.53. The maximum absolute atomic E-state index is 12.7. The third-order valence-electron chi connectivity index (χ3n) is 4.61. The van der Waals surface area contributed by atoms with E-state index in [1.54, 1.807) is 0 Å². The molecule has 0 aromatic heterocycles. The Bertz CT molecular complexity index is 324. The fourth-order valence-corrected chi connectivity index (χ4v) is 3.62. The van der Waals surface area contributed by atoms with Crippen LogP contribution in [0.2, 0.25) is 0 Å². The fraction of sp³-hybridized carbons (Fsp3) is 0.938. The molecule has 0 aromatic carbocycles. The van der Waals surface area contributed by atoms with Gasteiger partial charge in [0.1, 0.15) is 0 Å². The number of aliphatic hydroxyl groups is 1. The van der Waals surface area contributed by atoms with Crippen LogP contribution < -0.4 is 5.32 Å². The number of hydrogen-bond acceptors (Lipinski definition) is 3. The molecule has 1 heterocycles. The monoisotopic (exact) mass is 282 g/mol. The summed E-state index contributed by atoms with van der Waals surface area (Å²) in [4.78, 5) is 14.8. The molecule has 1 amide bonds. The summed E-state index contributed by atoms with van der Waals surface area (Å²) in [7, 11) is 0. The summed E-state index contributed by atoms with van der Waals surface area (Å²) < 4.78 is 0. The highest BCUT2D eigenvalue weighted by Crippen LogP contribution is 2.29. The minimum atomic E-state index is -0.159. The molecule has 1 saturated heterocycles. The second-order valence-corrected chi connectivity index (χ2v) is 6.86. The minimum Gasteiger partial charge on any atom is -0.393 e. The number of rotatable bonds is 5. The van der Waals surface area contributed by atoms with Crippen LogP contribution in [0.4, 0.5) is 0 Å². The summed E-state index contributed by atoms with van der Waals surface area (Å²) in [6.45, 7) is 6.51. The largest absolute Gasteiger partial charge is 0.393 e. The van der Waals surface area contributed by atoms with Crippen LogP contribution >= 0.6 is 0 Å². The Kier molecular flexibility index (Phi) is 5.44. The molecule has 2 aliphatic rings. The van der Waals surface area contributed by atoms with Crippen LogP contribution in [0.25, 0.3) is 0 Å². The van der Waals surface area contributed by atoms with Crippen molar-refractivity contribution in [1.29, 1.82) is 0 Å². The van der Waals surface area contributed by atoms with E-state index in [2.05, 4.69) is 31.0 Å². The van der Waals surface area contributed by atoms with E-state index in [1.807, 2.05) is 0 Å². The highest BCUT2D eigenvalue weighted by molar-refractivity contribution is 5.84. The standard InChI is InChI=1S/C16H30N2O2/c1-4-5-15-17-14(10-11(2)3)16(20)18(15)12-6-8-13(19)9-7-12/h11-15,17,19H,4-10H2,1-3H3. The van der Waals surface area contributed by atoms with E-state index in [1.165, 1.54) is 0 Å². The maximum Gasteiger partial charge on any atom is 0.241 e. The number of carbonyl (C=O) groups is 1.